The maximum atomic E-state index is 12.9. The molecule has 1 saturated heterocycles. The molecule has 0 spiro atoms. The normalized spacial score (nSPS) is 17.2. The highest BCUT2D eigenvalue weighted by molar-refractivity contribution is 5.99. The van der Waals surface area contributed by atoms with Gasteiger partial charge in [0.25, 0.3) is 5.91 Å². The number of nitrogens with zero attached hydrogens (tertiary/aromatic N) is 3. The summed E-state index contributed by atoms with van der Waals surface area (Å²) >= 11 is 0. The molecule has 0 aliphatic carbocycles. The molecule has 2 N–H and O–H groups in total. The number of aryl methyl sites for hydroxylation is 1. The van der Waals surface area contributed by atoms with E-state index >= 15 is 0 Å². The molecule has 7 nitrogen and oxygen atoms in total. The standard InChI is InChI=1S/C18H21N5O2/c1-3-16(24)20-14-9-7-13(8-10-14)18(25)23-11-5-4-6-15(23)17-19-12(2)21-22-17/h3,7-10,15H,1,4-6,11H2,2H3,(H,20,24)(H,19,21,22). The number of carbonyl (C=O) groups excluding carboxylic acids is 2. The van der Waals surface area contributed by atoms with Crippen LogP contribution >= 0.6 is 0 Å². The van der Waals surface area contributed by atoms with Crippen molar-refractivity contribution < 1.29 is 9.59 Å². The van der Waals surface area contributed by atoms with Crippen LogP contribution in [-0.2, 0) is 4.79 Å². The van der Waals surface area contributed by atoms with Crippen molar-refractivity contribution in [2.75, 3.05) is 11.9 Å². The molecule has 0 bridgehead atoms. The summed E-state index contributed by atoms with van der Waals surface area (Å²) in [6, 6.07) is 6.76. The van der Waals surface area contributed by atoms with E-state index < -0.39 is 0 Å². The number of rotatable bonds is 4. The van der Waals surface area contributed by atoms with Crippen LogP contribution in [0.4, 0.5) is 5.69 Å². The highest BCUT2D eigenvalue weighted by atomic mass is 16.2. The molecule has 130 valence electrons. The molecule has 1 fully saturated rings. The van der Waals surface area contributed by atoms with E-state index in [2.05, 4.69) is 27.1 Å². The summed E-state index contributed by atoms with van der Waals surface area (Å²) in [6.45, 7) is 5.95. The fourth-order valence-electron chi connectivity index (χ4n) is 3.01. The van der Waals surface area contributed by atoms with E-state index in [0.717, 1.165) is 25.1 Å². The quantitative estimate of drug-likeness (QED) is 0.838. The second-order valence-electron chi connectivity index (χ2n) is 6.06. The SMILES string of the molecule is C=CC(=O)Nc1ccc(C(=O)N2CCCCC2c2n[nH]c(C)n2)cc1. The minimum atomic E-state index is -0.282. The third-order valence-corrected chi connectivity index (χ3v) is 4.26. The van der Waals surface area contributed by atoms with Crippen LogP contribution in [0.3, 0.4) is 0 Å². The van der Waals surface area contributed by atoms with Crippen LogP contribution in [0.25, 0.3) is 0 Å². The largest absolute Gasteiger partial charge is 0.328 e. The van der Waals surface area contributed by atoms with E-state index in [4.69, 9.17) is 0 Å². The van der Waals surface area contributed by atoms with E-state index in [1.54, 1.807) is 24.3 Å². The van der Waals surface area contributed by atoms with Crippen molar-refractivity contribution in [3.8, 4) is 0 Å². The zero-order chi connectivity index (χ0) is 17.8. The number of aromatic nitrogens is 3. The summed E-state index contributed by atoms with van der Waals surface area (Å²) in [5, 5.41) is 9.75. The monoisotopic (exact) mass is 339 g/mol. The molecule has 25 heavy (non-hydrogen) atoms. The lowest BCUT2D eigenvalue weighted by molar-refractivity contribution is -0.111. The molecular formula is C18H21N5O2. The van der Waals surface area contributed by atoms with Crippen molar-refractivity contribution in [1.29, 1.82) is 0 Å². The molecule has 1 aliphatic heterocycles. The topological polar surface area (TPSA) is 91.0 Å². The zero-order valence-corrected chi connectivity index (χ0v) is 14.2. The van der Waals surface area contributed by atoms with E-state index in [1.807, 2.05) is 11.8 Å². The van der Waals surface area contributed by atoms with Crippen molar-refractivity contribution in [3.63, 3.8) is 0 Å². The third kappa shape index (κ3) is 3.76. The lowest BCUT2D eigenvalue weighted by atomic mass is 10.00. The number of anilines is 1. The summed E-state index contributed by atoms with van der Waals surface area (Å²) in [5.41, 5.74) is 1.21. The number of hydrogen-bond donors (Lipinski definition) is 2. The first-order chi connectivity index (χ1) is 12.1. The van der Waals surface area contributed by atoms with E-state index in [9.17, 15) is 9.59 Å². The molecule has 1 aromatic carbocycles. The maximum Gasteiger partial charge on any atom is 0.254 e. The lowest BCUT2D eigenvalue weighted by Gasteiger charge is -2.34. The Morgan fingerprint density at radius 3 is 2.72 bits per heavy atom. The number of nitrogens with one attached hydrogen (secondary N) is 2. The highest BCUT2D eigenvalue weighted by Gasteiger charge is 2.31. The summed E-state index contributed by atoms with van der Waals surface area (Å²) in [6.07, 6.45) is 4.08. The first-order valence-corrected chi connectivity index (χ1v) is 8.32. The molecule has 0 radical (unpaired) electrons. The van der Waals surface area contributed by atoms with Gasteiger partial charge in [-0.1, -0.05) is 6.58 Å². The fourth-order valence-corrected chi connectivity index (χ4v) is 3.01. The van der Waals surface area contributed by atoms with E-state index in [0.29, 0.717) is 23.6 Å². The Balaban J connectivity index is 1.78. The van der Waals surface area contributed by atoms with Crippen molar-refractivity contribution in [2.45, 2.75) is 32.2 Å². The Hall–Kier alpha value is -2.96. The van der Waals surface area contributed by atoms with Gasteiger partial charge in [-0.15, -0.1) is 0 Å². The van der Waals surface area contributed by atoms with Crippen molar-refractivity contribution in [3.05, 3.63) is 54.1 Å². The zero-order valence-electron chi connectivity index (χ0n) is 14.2. The smallest absolute Gasteiger partial charge is 0.254 e. The molecule has 1 unspecified atom stereocenters. The van der Waals surface area contributed by atoms with Gasteiger partial charge in [0.2, 0.25) is 5.91 Å². The van der Waals surface area contributed by atoms with E-state index in [-0.39, 0.29) is 17.9 Å². The molecule has 2 heterocycles. The number of amides is 2. The van der Waals surface area contributed by atoms with Crippen LogP contribution < -0.4 is 5.32 Å². The van der Waals surface area contributed by atoms with Crippen LogP contribution in [0.2, 0.25) is 0 Å². The Morgan fingerprint density at radius 1 is 1.32 bits per heavy atom. The number of carbonyl (C=O) groups is 2. The molecule has 2 amide bonds. The number of hydrogen-bond acceptors (Lipinski definition) is 4. The van der Waals surface area contributed by atoms with Crippen molar-refractivity contribution in [2.24, 2.45) is 0 Å². The molecule has 1 aliphatic rings. The number of likely N-dealkylation sites (tertiary alicyclic amines) is 1. The van der Waals surface area contributed by atoms with Crippen LogP contribution in [0.15, 0.2) is 36.9 Å². The van der Waals surface area contributed by atoms with Crippen LogP contribution in [0.1, 0.15) is 47.3 Å². The van der Waals surface area contributed by atoms with Gasteiger partial charge >= 0.3 is 0 Å². The van der Waals surface area contributed by atoms with Gasteiger partial charge in [0, 0.05) is 17.8 Å². The van der Waals surface area contributed by atoms with Crippen molar-refractivity contribution in [1.82, 2.24) is 20.1 Å². The Bertz CT molecular complexity index is 781. The Morgan fingerprint density at radius 2 is 2.08 bits per heavy atom. The number of benzene rings is 1. The number of piperidine rings is 1. The van der Waals surface area contributed by atoms with Gasteiger partial charge in [0.05, 0.1) is 6.04 Å². The van der Waals surface area contributed by atoms with Gasteiger partial charge in [-0.3, -0.25) is 14.7 Å². The maximum absolute atomic E-state index is 12.9. The minimum Gasteiger partial charge on any atom is -0.328 e. The molecular weight excluding hydrogens is 318 g/mol. The molecule has 0 saturated carbocycles. The third-order valence-electron chi connectivity index (χ3n) is 4.26. The van der Waals surface area contributed by atoms with E-state index in [1.165, 1.54) is 6.08 Å². The number of H-pyrrole nitrogens is 1. The van der Waals surface area contributed by atoms with Gasteiger partial charge in [0.15, 0.2) is 5.82 Å². The highest BCUT2D eigenvalue weighted by Crippen LogP contribution is 2.30. The summed E-state index contributed by atoms with van der Waals surface area (Å²) in [4.78, 5) is 30.5. The average molecular weight is 339 g/mol. The van der Waals surface area contributed by atoms with Crippen LogP contribution in [-0.4, -0.2) is 38.4 Å². The molecule has 3 rings (SSSR count). The van der Waals surface area contributed by atoms with Gasteiger partial charge in [-0.2, -0.15) is 5.10 Å². The summed E-state index contributed by atoms with van der Waals surface area (Å²) in [5.74, 6) is 1.08. The van der Waals surface area contributed by atoms with Crippen molar-refractivity contribution >= 4 is 17.5 Å². The number of aromatic amines is 1. The summed E-state index contributed by atoms with van der Waals surface area (Å²) in [7, 11) is 0. The predicted octanol–water partition coefficient (Wildman–Crippen LogP) is 2.61. The van der Waals surface area contributed by atoms with Gasteiger partial charge in [-0.25, -0.2) is 4.98 Å². The van der Waals surface area contributed by atoms with Crippen LogP contribution in [0, 0.1) is 6.92 Å². The Kier molecular flexibility index (Phi) is 4.92. The summed E-state index contributed by atoms with van der Waals surface area (Å²) < 4.78 is 0. The first-order valence-electron chi connectivity index (χ1n) is 8.32. The molecule has 1 atom stereocenters. The van der Waals surface area contributed by atoms with Gasteiger partial charge < -0.3 is 10.2 Å². The van der Waals surface area contributed by atoms with Gasteiger partial charge in [0.1, 0.15) is 5.82 Å². The predicted molar refractivity (Wildman–Crippen MR) is 94.0 cm³/mol. The van der Waals surface area contributed by atoms with Crippen LogP contribution in [0.5, 0.6) is 0 Å². The molecule has 7 heteroatoms. The second kappa shape index (κ2) is 7.29. The fraction of sp³-hybridized carbons (Fsp3) is 0.333. The average Bonchev–Trinajstić information content (AvgIpc) is 3.08. The molecule has 2 aromatic rings. The lowest BCUT2D eigenvalue weighted by Crippen LogP contribution is -2.39. The van der Waals surface area contributed by atoms with Gasteiger partial charge in [-0.05, 0) is 56.5 Å². The molecule has 1 aromatic heterocycles. The Labute approximate surface area is 146 Å². The second-order valence-corrected chi connectivity index (χ2v) is 6.06. The minimum absolute atomic E-state index is 0.0475. The first kappa shape index (κ1) is 16.9.